The van der Waals surface area contributed by atoms with Crippen LogP contribution < -0.4 is 4.90 Å². The van der Waals surface area contributed by atoms with Crippen LogP contribution in [0.1, 0.15) is 22.3 Å². The van der Waals surface area contributed by atoms with Crippen molar-refractivity contribution in [3.8, 4) is 11.4 Å². The minimum absolute atomic E-state index is 0.0373. The molecule has 2 aliphatic heterocycles. The minimum atomic E-state index is -4.45. The number of amides is 1. The molecule has 6 nitrogen and oxygen atoms in total. The van der Waals surface area contributed by atoms with Gasteiger partial charge in [-0.2, -0.15) is 13.2 Å². The molecule has 0 saturated carbocycles. The summed E-state index contributed by atoms with van der Waals surface area (Å²) in [6, 6.07) is 7.68. The minimum Gasteiger partial charge on any atom is -0.351 e. The molecule has 0 radical (unpaired) electrons. The number of carbonyl (C=O) groups excluding carboxylic acids is 1. The maximum absolute atomic E-state index is 14.7. The number of nitrogens with zero attached hydrogens (tertiary/aromatic N) is 5. The SMILES string of the molecule is O=C(c1cccc(F)c1-c1ncccn1)N1CCC2CN(c3cc(C(F)(F)F)ccn3)C2C1. The highest BCUT2D eigenvalue weighted by molar-refractivity contribution is 6.00. The monoisotopic (exact) mass is 457 g/mol. The van der Waals surface area contributed by atoms with Crippen LogP contribution in [0, 0.1) is 11.7 Å². The lowest BCUT2D eigenvalue weighted by Crippen LogP contribution is -2.65. The highest BCUT2D eigenvalue weighted by atomic mass is 19.4. The van der Waals surface area contributed by atoms with E-state index in [-0.39, 0.29) is 40.6 Å². The first-order valence-corrected chi connectivity index (χ1v) is 10.5. The molecule has 2 fully saturated rings. The van der Waals surface area contributed by atoms with Crippen LogP contribution in [0.4, 0.5) is 23.4 Å². The van der Waals surface area contributed by atoms with Crippen molar-refractivity contribution in [3.05, 3.63) is 71.9 Å². The van der Waals surface area contributed by atoms with Gasteiger partial charge in [-0.05, 0) is 36.8 Å². The van der Waals surface area contributed by atoms with Gasteiger partial charge in [-0.25, -0.2) is 19.3 Å². The van der Waals surface area contributed by atoms with Gasteiger partial charge in [-0.1, -0.05) is 6.07 Å². The number of carbonyl (C=O) groups is 1. The molecule has 2 aromatic heterocycles. The summed E-state index contributed by atoms with van der Waals surface area (Å²) in [6.07, 6.45) is 0.351. The van der Waals surface area contributed by atoms with Gasteiger partial charge in [0.1, 0.15) is 11.6 Å². The zero-order valence-corrected chi connectivity index (χ0v) is 17.3. The topological polar surface area (TPSA) is 62.2 Å². The van der Waals surface area contributed by atoms with E-state index in [1.165, 1.54) is 30.6 Å². The Bertz CT molecular complexity index is 1190. The molecule has 33 heavy (non-hydrogen) atoms. The Morgan fingerprint density at radius 2 is 1.79 bits per heavy atom. The standard InChI is InChI=1S/C23H19F4N5O/c24-17-4-1-3-16(20(17)21-29-7-2-8-30-21)22(33)31-10-6-14-12-32(18(14)13-31)19-11-15(5-9-28-19)23(25,26)27/h1-5,7-9,11,14,18H,6,10,12-13H2. The van der Waals surface area contributed by atoms with Gasteiger partial charge in [-0.3, -0.25) is 4.79 Å². The Balaban J connectivity index is 1.39. The smallest absolute Gasteiger partial charge is 0.351 e. The Morgan fingerprint density at radius 1 is 1.00 bits per heavy atom. The molecule has 5 rings (SSSR count). The van der Waals surface area contributed by atoms with Gasteiger partial charge in [0.15, 0.2) is 5.82 Å². The van der Waals surface area contributed by atoms with Crippen LogP contribution in [0.3, 0.4) is 0 Å². The van der Waals surface area contributed by atoms with Crippen molar-refractivity contribution in [1.29, 1.82) is 0 Å². The summed E-state index contributed by atoms with van der Waals surface area (Å²) in [4.78, 5) is 29.1. The summed E-state index contributed by atoms with van der Waals surface area (Å²) in [6.45, 7) is 1.38. The summed E-state index contributed by atoms with van der Waals surface area (Å²) in [5.74, 6) is -0.341. The second-order valence-electron chi connectivity index (χ2n) is 8.15. The molecule has 170 valence electrons. The third kappa shape index (κ3) is 3.90. The molecule has 1 amide bonds. The second-order valence-corrected chi connectivity index (χ2v) is 8.15. The highest BCUT2D eigenvalue weighted by Crippen LogP contribution is 2.38. The zero-order valence-electron chi connectivity index (χ0n) is 17.3. The van der Waals surface area contributed by atoms with Gasteiger partial charge in [-0.15, -0.1) is 0 Å². The second kappa shape index (κ2) is 8.09. The Hall–Kier alpha value is -3.56. The number of benzene rings is 1. The Morgan fingerprint density at radius 3 is 2.55 bits per heavy atom. The van der Waals surface area contributed by atoms with Crippen LogP contribution >= 0.6 is 0 Å². The first-order chi connectivity index (χ1) is 15.8. The maximum Gasteiger partial charge on any atom is 0.416 e. The quantitative estimate of drug-likeness (QED) is 0.556. The fraction of sp³-hybridized carbons (Fsp3) is 0.304. The first kappa shape index (κ1) is 21.3. The Labute approximate surface area is 186 Å². The molecule has 3 aromatic rings. The van der Waals surface area contributed by atoms with Gasteiger partial charge in [0.25, 0.3) is 5.91 Å². The highest BCUT2D eigenvalue weighted by Gasteiger charge is 2.45. The molecular formula is C23H19F4N5O. The van der Waals surface area contributed by atoms with E-state index < -0.39 is 17.6 Å². The van der Waals surface area contributed by atoms with E-state index >= 15 is 0 Å². The molecule has 0 bridgehead atoms. The van der Waals surface area contributed by atoms with E-state index in [9.17, 15) is 22.4 Å². The Kier molecular flexibility index (Phi) is 5.22. The van der Waals surface area contributed by atoms with Crippen molar-refractivity contribution >= 4 is 11.7 Å². The zero-order chi connectivity index (χ0) is 23.2. The fourth-order valence-electron chi connectivity index (χ4n) is 4.52. The van der Waals surface area contributed by atoms with Gasteiger partial charge >= 0.3 is 6.18 Å². The number of likely N-dealkylation sites (tertiary alicyclic amines) is 1. The number of fused-ring (bicyclic) bond motifs is 1. The van der Waals surface area contributed by atoms with Crippen LogP contribution in [0.25, 0.3) is 11.4 Å². The summed E-state index contributed by atoms with van der Waals surface area (Å²) >= 11 is 0. The van der Waals surface area contributed by atoms with Crippen molar-refractivity contribution in [2.75, 3.05) is 24.5 Å². The van der Waals surface area contributed by atoms with Crippen LogP contribution in [-0.2, 0) is 6.18 Å². The van der Waals surface area contributed by atoms with Gasteiger partial charge < -0.3 is 9.80 Å². The summed E-state index contributed by atoms with van der Waals surface area (Å²) in [5, 5.41) is 0. The van der Waals surface area contributed by atoms with E-state index in [2.05, 4.69) is 15.0 Å². The van der Waals surface area contributed by atoms with Crippen molar-refractivity contribution < 1.29 is 22.4 Å². The molecule has 2 aliphatic rings. The van der Waals surface area contributed by atoms with Crippen molar-refractivity contribution in [1.82, 2.24) is 19.9 Å². The predicted molar refractivity (Wildman–Crippen MR) is 112 cm³/mol. The normalized spacial score (nSPS) is 20.2. The van der Waals surface area contributed by atoms with E-state index in [1.54, 1.807) is 15.9 Å². The molecule has 0 aliphatic carbocycles. The molecule has 0 N–H and O–H groups in total. The lowest BCUT2D eigenvalue weighted by Gasteiger charge is -2.54. The molecule has 10 heteroatoms. The first-order valence-electron chi connectivity index (χ1n) is 10.5. The fourth-order valence-corrected chi connectivity index (χ4v) is 4.52. The third-order valence-electron chi connectivity index (χ3n) is 6.24. The number of pyridine rings is 1. The average molecular weight is 457 g/mol. The number of anilines is 1. The molecule has 0 spiro atoms. The van der Waals surface area contributed by atoms with Crippen molar-refractivity contribution in [3.63, 3.8) is 0 Å². The van der Waals surface area contributed by atoms with Gasteiger partial charge in [0, 0.05) is 44.1 Å². The van der Waals surface area contributed by atoms with Crippen LogP contribution in [0.15, 0.2) is 55.0 Å². The van der Waals surface area contributed by atoms with Crippen LogP contribution in [0.2, 0.25) is 0 Å². The molecule has 2 atom stereocenters. The molecule has 2 unspecified atom stereocenters. The van der Waals surface area contributed by atoms with E-state index in [4.69, 9.17) is 0 Å². The summed E-state index contributed by atoms with van der Waals surface area (Å²) in [5.41, 5.74) is -0.565. The number of rotatable bonds is 3. The van der Waals surface area contributed by atoms with Crippen molar-refractivity contribution in [2.24, 2.45) is 5.92 Å². The molecule has 1 aromatic carbocycles. The summed E-state index contributed by atoms with van der Waals surface area (Å²) in [7, 11) is 0. The number of halogens is 4. The number of aromatic nitrogens is 3. The molecule has 2 saturated heterocycles. The van der Waals surface area contributed by atoms with E-state index in [1.807, 2.05) is 0 Å². The number of piperidine rings is 1. The molecular weight excluding hydrogens is 438 g/mol. The number of hydrogen-bond donors (Lipinski definition) is 0. The average Bonchev–Trinajstić information content (AvgIpc) is 2.79. The molecule has 4 heterocycles. The van der Waals surface area contributed by atoms with Crippen LogP contribution in [0.5, 0.6) is 0 Å². The van der Waals surface area contributed by atoms with Crippen molar-refractivity contribution in [2.45, 2.75) is 18.6 Å². The lowest BCUT2D eigenvalue weighted by atomic mass is 9.82. The number of hydrogen-bond acceptors (Lipinski definition) is 5. The number of alkyl halides is 3. The maximum atomic E-state index is 14.7. The van der Waals surface area contributed by atoms with Gasteiger partial charge in [0.2, 0.25) is 0 Å². The lowest BCUT2D eigenvalue weighted by molar-refractivity contribution is -0.137. The van der Waals surface area contributed by atoms with Crippen LogP contribution in [-0.4, -0.2) is 51.4 Å². The third-order valence-corrected chi connectivity index (χ3v) is 6.24. The van der Waals surface area contributed by atoms with Gasteiger partial charge in [0.05, 0.1) is 22.7 Å². The predicted octanol–water partition coefficient (Wildman–Crippen LogP) is 4.05. The van der Waals surface area contributed by atoms with E-state index in [0.717, 1.165) is 18.3 Å². The van der Waals surface area contributed by atoms with E-state index in [0.29, 0.717) is 26.1 Å². The summed E-state index contributed by atoms with van der Waals surface area (Å²) < 4.78 is 54.0. The largest absolute Gasteiger partial charge is 0.416 e.